The fourth-order valence-corrected chi connectivity index (χ4v) is 3.13. The molecular formula is C22H26N2O3. The number of ether oxygens (including phenoxy) is 1. The van der Waals surface area contributed by atoms with E-state index >= 15 is 0 Å². The normalized spacial score (nSPS) is 14.5. The van der Waals surface area contributed by atoms with Gasteiger partial charge in [0.05, 0.1) is 11.8 Å². The van der Waals surface area contributed by atoms with Crippen LogP contribution in [0.4, 0.5) is 5.69 Å². The summed E-state index contributed by atoms with van der Waals surface area (Å²) >= 11 is 0. The number of carbonyl (C=O) groups excluding carboxylic acids is 2. The predicted molar refractivity (Wildman–Crippen MR) is 105 cm³/mol. The molecule has 2 amide bonds. The summed E-state index contributed by atoms with van der Waals surface area (Å²) in [5.41, 5.74) is 0.676. The molecule has 0 aromatic heterocycles. The zero-order valence-corrected chi connectivity index (χ0v) is 16.1. The van der Waals surface area contributed by atoms with E-state index < -0.39 is 5.41 Å². The maximum Gasteiger partial charge on any atom is 0.240 e. The van der Waals surface area contributed by atoms with Crippen LogP contribution in [0.3, 0.4) is 0 Å². The van der Waals surface area contributed by atoms with Crippen LogP contribution in [0.15, 0.2) is 54.6 Å². The molecule has 2 aromatic rings. The van der Waals surface area contributed by atoms with Crippen LogP contribution < -0.4 is 10.1 Å². The Morgan fingerprint density at radius 2 is 1.70 bits per heavy atom. The van der Waals surface area contributed by atoms with Crippen molar-refractivity contribution in [2.75, 3.05) is 12.4 Å². The molecule has 2 aromatic carbocycles. The molecule has 27 heavy (non-hydrogen) atoms. The molecule has 0 saturated heterocycles. The fourth-order valence-electron chi connectivity index (χ4n) is 3.13. The Bertz CT molecular complexity index is 813. The fraction of sp³-hybridized carbons (Fsp3) is 0.364. The number of hydrogen-bond donors (Lipinski definition) is 1. The molecule has 0 heterocycles. The minimum atomic E-state index is -0.964. The van der Waals surface area contributed by atoms with Gasteiger partial charge in [-0.1, -0.05) is 42.5 Å². The lowest BCUT2D eigenvalue weighted by molar-refractivity contribution is -0.141. The van der Waals surface area contributed by atoms with Crippen LogP contribution in [0.2, 0.25) is 0 Å². The van der Waals surface area contributed by atoms with Crippen molar-refractivity contribution in [3.8, 4) is 5.75 Å². The summed E-state index contributed by atoms with van der Waals surface area (Å²) in [6, 6.07) is 17.1. The molecule has 5 nitrogen and oxygen atoms in total. The standard InChI is InChI=1S/C22H26N2O3/c1-16(2)27-19-12-8-7-11-18(19)23-20(25)22(13-14-22)21(26)24(3)15-17-9-5-4-6-10-17/h4-12,16H,13-15H2,1-3H3,(H,23,25). The monoisotopic (exact) mass is 366 g/mol. The Morgan fingerprint density at radius 3 is 2.33 bits per heavy atom. The second-order valence-electron chi connectivity index (χ2n) is 7.35. The molecule has 5 heteroatoms. The van der Waals surface area contributed by atoms with Crippen molar-refractivity contribution in [3.05, 3.63) is 60.2 Å². The summed E-state index contributed by atoms with van der Waals surface area (Å²) < 4.78 is 5.76. The Balaban J connectivity index is 1.70. The SMILES string of the molecule is CC(C)Oc1ccccc1NC(=O)C1(C(=O)N(C)Cc2ccccc2)CC1. The lowest BCUT2D eigenvalue weighted by Gasteiger charge is -2.24. The van der Waals surface area contributed by atoms with Gasteiger partial charge in [-0.2, -0.15) is 0 Å². The highest BCUT2D eigenvalue weighted by Crippen LogP contribution is 2.48. The van der Waals surface area contributed by atoms with Crippen LogP contribution in [0.25, 0.3) is 0 Å². The van der Waals surface area contributed by atoms with Crippen LogP contribution in [0.1, 0.15) is 32.3 Å². The quantitative estimate of drug-likeness (QED) is 0.757. The van der Waals surface area contributed by atoms with Crippen LogP contribution in [-0.2, 0) is 16.1 Å². The molecule has 0 atom stereocenters. The van der Waals surface area contributed by atoms with E-state index in [0.717, 1.165) is 5.56 Å². The maximum atomic E-state index is 13.0. The van der Waals surface area contributed by atoms with Crippen LogP contribution in [0.5, 0.6) is 5.75 Å². The Kier molecular flexibility index (Phi) is 5.49. The summed E-state index contributed by atoms with van der Waals surface area (Å²) in [6.07, 6.45) is 1.14. The van der Waals surface area contributed by atoms with Crippen molar-refractivity contribution >= 4 is 17.5 Å². The third kappa shape index (κ3) is 4.30. The highest BCUT2D eigenvalue weighted by molar-refractivity contribution is 6.13. The minimum absolute atomic E-state index is 0.00317. The number of benzene rings is 2. The van der Waals surface area contributed by atoms with Gasteiger partial charge in [-0.15, -0.1) is 0 Å². The molecule has 3 rings (SSSR count). The number of nitrogens with zero attached hydrogens (tertiary/aromatic N) is 1. The van der Waals surface area contributed by atoms with E-state index in [1.165, 1.54) is 0 Å². The van der Waals surface area contributed by atoms with Gasteiger partial charge in [-0.25, -0.2) is 0 Å². The van der Waals surface area contributed by atoms with Gasteiger partial charge in [0.25, 0.3) is 0 Å². The summed E-state index contributed by atoms with van der Waals surface area (Å²) in [5.74, 6) is 0.222. The number of nitrogens with one attached hydrogen (secondary N) is 1. The van der Waals surface area contributed by atoms with Crippen LogP contribution in [-0.4, -0.2) is 29.9 Å². The van der Waals surface area contributed by atoms with E-state index in [9.17, 15) is 9.59 Å². The predicted octanol–water partition coefficient (Wildman–Crippen LogP) is 3.85. The first-order chi connectivity index (χ1) is 12.9. The number of carbonyl (C=O) groups is 2. The van der Waals surface area contributed by atoms with E-state index in [2.05, 4.69) is 5.32 Å². The van der Waals surface area contributed by atoms with E-state index in [1.807, 2.05) is 62.4 Å². The number of rotatable bonds is 7. The Hall–Kier alpha value is -2.82. The van der Waals surface area contributed by atoms with Crippen molar-refractivity contribution in [3.63, 3.8) is 0 Å². The number of anilines is 1. The van der Waals surface area contributed by atoms with Crippen molar-refractivity contribution in [1.29, 1.82) is 0 Å². The zero-order valence-electron chi connectivity index (χ0n) is 16.1. The average molecular weight is 366 g/mol. The van der Waals surface area contributed by atoms with Gasteiger partial charge in [0, 0.05) is 13.6 Å². The summed E-state index contributed by atoms with van der Waals surface area (Å²) in [7, 11) is 1.75. The molecule has 1 fully saturated rings. The van der Waals surface area contributed by atoms with E-state index in [-0.39, 0.29) is 17.9 Å². The van der Waals surface area contributed by atoms with Gasteiger partial charge < -0.3 is 15.0 Å². The lowest BCUT2D eigenvalue weighted by Crippen LogP contribution is -2.40. The summed E-state index contributed by atoms with van der Waals surface area (Å²) in [6.45, 7) is 4.36. The molecule has 1 aliphatic rings. The first kappa shape index (κ1) is 19.0. The van der Waals surface area contributed by atoms with Crippen LogP contribution in [0, 0.1) is 5.41 Å². The molecule has 0 radical (unpaired) electrons. The number of hydrogen-bond acceptors (Lipinski definition) is 3. The summed E-state index contributed by atoms with van der Waals surface area (Å²) in [5, 5.41) is 2.91. The van der Waals surface area contributed by atoms with Gasteiger partial charge >= 0.3 is 0 Å². The van der Waals surface area contributed by atoms with Crippen LogP contribution >= 0.6 is 0 Å². The smallest absolute Gasteiger partial charge is 0.240 e. The maximum absolute atomic E-state index is 13.0. The third-order valence-electron chi connectivity index (χ3n) is 4.70. The number of amides is 2. The number of para-hydroxylation sites is 2. The average Bonchev–Trinajstić information content (AvgIpc) is 3.45. The second kappa shape index (κ2) is 7.82. The van der Waals surface area contributed by atoms with E-state index in [0.29, 0.717) is 30.8 Å². The minimum Gasteiger partial charge on any atom is -0.489 e. The third-order valence-corrected chi connectivity index (χ3v) is 4.70. The highest BCUT2D eigenvalue weighted by Gasteiger charge is 2.57. The van der Waals surface area contributed by atoms with Gasteiger partial charge in [-0.05, 0) is 44.4 Å². The largest absolute Gasteiger partial charge is 0.489 e. The van der Waals surface area contributed by atoms with Gasteiger partial charge in [-0.3, -0.25) is 9.59 Å². The second-order valence-corrected chi connectivity index (χ2v) is 7.35. The van der Waals surface area contributed by atoms with E-state index in [4.69, 9.17) is 4.74 Å². The topological polar surface area (TPSA) is 58.6 Å². The van der Waals surface area contributed by atoms with E-state index in [1.54, 1.807) is 18.0 Å². The molecule has 1 N–H and O–H groups in total. The lowest BCUT2D eigenvalue weighted by atomic mass is 10.0. The van der Waals surface area contributed by atoms with Crippen molar-refractivity contribution in [1.82, 2.24) is 4.90 Å². The molecule has 0 aliphatic heterocycles. The molecule has 0 spiro atoms. The van der Waals surface area contributed by atoms with Crippen molar-refractivity contribution in [2.24, 2.45) is 5.41 Å². The highest BCUT2D eigenvalue weighted by atomic mass is 16.5. The molecule has 0 unspecified atom stereocenters. The molecular weight excluding hydrogens is 340 g/mol. The Morgan fingerprint density at radius 1 is 1.07 bits per heavy atom. The zero-order chi connectivity index (χ0) is 19.4. The summed E-state index contributed by atoms with van der Waals surface area (Å²) in [4.78, 5) is 27.5. The Labute approximate surface area is 160 Å². The van der Waals surface area contributed by atoms with Gasteiger partial charge in [0.2, 0.25) is 11.8 Å². The molecule has 1 aliphatic carbocycles. The van der Waals surface area contributed by atoms with Gasteiger partial charge in [0.15, 0.2) is 0 Å². The molecule has 142 valence electrons. The molecule has 1 saturated carbocycles. The first-order valence-electron chi connectivity index (χ1n) is 9.29. The van der Waals surface area contributed by atoms with Crippen molar-refractivity contribution in [2.45, 2.75) is 39.3 Å². The first-order valence-corrected chi connectivity index (χ1v) is 9.29. The van der Waals surface area contributed by atoms with Crippen molar-refractivity contribution < 1.29 is 14.3 Å². The van der Waals surface area contributed by atoms with Gasteiger partial charge in [0.1, 0.15) is 11.2 Å². The molecule has 0 bridgehead atoms.